The van der Waals surface area contributed by atoms with Crippen molar-refractivity contribution in [3.05, 3.63) is 29.8 Å². The van der Waals surface area contributed by atoms with Crippen LogP contribution < -0.4 is 10.2 Å². The van der Waals surface area contributed by atoms with Gasteiger partial charge in [0.1, 0.15) is 0 Å². The quantitative estimate of drug-likeness (QED) is 0.682. The van der Waals surface area contributed by atoms with Gasteiger partial charge in [0, 0.05) is 24.4 Å². The zero-order chi connectivity index (χ0) is 21.5. The van der Waals surface area contributed by atoms with Crippen LogP contribution in [0.25, 0.3) is 0 Å². The summed E-state index contributed by atoms with van der Waals surface area (Å²) in [6, 6.07) is 7.30. The van der Waals surface area contributed by atoms with E-state index >= 15 is 0 Å². The molecule has 0 aliphatic heterocycles. The molecule has 2 fully saturated rings. The fourth-order valence-corrected chi connectivity index (χ4v) is 4.75. The number of ether oxygens (including phenoxy) is 1. The average Bonchev–Trinajstić information content (AvgIpc) is 3.30. The second kappa shape index (κ2) is 10.6. The number of benzene rings is 1. The van der Waals surface area contributed by atoms with Gasteiger partial charge in [0.2, 0.25) is 11.8 Å². The van der Waals surface area contributed by atoms with Crippen molar-refractivity contribution >= 4 is 23.5 Å². The summed E-state index contributed by atoms with van der Waals surface area (Å²) < 4.78 is 5.16. The summed E-state index contributed by atoms with van der Waals surface area (Å²) >= 11 is 0. The molecule has 1 N–H and O–H groups in total. The van der Waals surface area contributed by atoms with Crippen molar-refractivity contribution in [2.45, 2.75) is 71.3 Å². The molecule has 6 heteroatoms. The van der Waals surface area contributed by atoms with E-state index < -0.39 is 5.97 Å². The lowest BCUT2D eigenvalue weighted by Crippen LogP contribution is -2.44. The number of carbonyl (C=O) groups is 3. The molecule has 0 bridgehead atoms. The van der Waals surface area contributed by atoms with Gasteiger partial charge in [-0.15, -0.1) is 0 Å². The minimum atomic E-state index is -0.405. The molecule has 1 aromatic carbocycles. The van der Waals surface area contributed by atoms with Gasteiger partial charge in [0.15, 0.2) is 0 Å². The van der Waals surface area contributed by atoms with Gasteiger partial charge in [-0.1, -0.05) is 25.0 Å². The second-order valence-corrected chi connectivity index (χ2v) is 8.36. The van der Waals surface area contributed by atoms with Gasteiger partial charge in [0.25, 0.3) is 0 Å². The molecule has 1 aromatic rings. The molecule has 3 rings (SSSR count). The Bertz CT molecular complexity index is 749. The van der Waals surface area contributed by atoms with Crippen LogP contribution in [0.4, 0.5) is 5.69 Å². The third-order valence-corrected chi connectivity index (χ3v) is 6.42. The van der Waals surface area contributed by atoms with Crippen LogP contribution in [0.15, 0.2) is 24.3 Å². The number of para-hydroxylation sites is 1. The largest absolute Gasteiger partial charge is 0.462 e. The average molecular weight is 415 g/mol. The van der Waals surface area contributed by atoms with E-state index in [2.05, 4.69) is 5.32 Å². The van der Waals surface area contributed by atoms with Crippen molar-refractivity contribution in [3.8, 4) is 0 Å². The third kappa shape index (κ3) is 5.21. The lowest BCUT2D eigenvalue weighted by atomic mass is 9.84. The first kappa shape index (κ1) is 22.3. The van der Waals surface area contributed by atoms with Gasteiger partial charge in [-0.3, -0.25) is 9.59 Å². The molecular weight excluding hydrogens is 380 g/mol. The SMILES string of the molecule is CCOC(=O)c1ccccc1N(CC)C(=O)C1CCC(NC(=O)C2CCCC2)CC1. The fraction of sp³-hybridized carbons (Fsp3) is 0.625. The Balaban J connectivity index is 1.61. The number of amides is 2. The zero-order valence-electron chi connectivity index (χ0n) is 18.2. The van der Waals surface area contributed by atoms with Gasteiger partial charge in [-0.05, 0) is 64.5 Å². The van der Waals surface area contributed by atoms with Crippen molar-refractivity contribution in [3.63, 3.8) is 0 Å². The molecule has 0 radical (unpaired) electrons. The van der Waals surface area contributed by atoms with Gasteiger partial charge >= 0.3 is 5.97 Å². The first-order valence-electron chi connectivity index (χ1n) is 11.4. The summed E-state index contributed by atoms with van der Waals surface area (Å²) in [5, 5.41) is 3.21. The van der Waals surface area contributed by atoms with E-state index in [9.17, 15) is 14.4 Å². The standard InChI is InChI=1S/C24H34N2O4/c1-3-26(21-12-8-7-11-20(21)24(29)30-4-2)23(28)18-13-15-19(16-14-18)25-22(27)17-9-5-6-10-17/h7-8,11-12,17-19H,3-6,9-10,13-16H2,1-2H3,(H,25,27). The molecule has 2 amide bonds. The highest BCUT2D eigenvalue weighted by atomic mass is 16.5. The number of hydrogen-bond acceptors (Lipinski definition) is 4. The van der Waals surface area contributed by atoms with E-state index in [1.165, 1.54) is 0 Å². The number of nitrogens with zero attached hydrogens (tertiary/aromatic N) is 1. The Kier molecular flexibility index (Phi) is 7.88. The maximum atomic E-state index is 13.3. The van der Waals surface area contributed by atoms with Crippen LogP contribution in [0.5, 0.6) is 0 Å². The molecule has 0 aromatic heterocycles. The Labute approximate surface area is 179 Å². The summed E-state index contributed by atoms with van der Waals surface area (Å²) in [7, 11) is 0. The van der Waals surface area contributed by atoms with E-state index in [0.717, 1.165) is 51.4 Å². The molecule has 2 saturated carbocycles. The number of esters is 1. The minimum absolute atomic E-state index is 0.0508. The predicted octanol–water partition coefficient (Wildman–Crippen LogP) is 4.08. The molecule has 2 aliphatic rings. The summed E-state index contributed by atoms with van der Waals surface area (Å²) in [5.74, 6) is -0.0625. The summed E-state index contributed by atoms with van der Waals surface area (Å²) in [5.41, 5.74) is 1.03. The topological polar surface area (TPSA) is 75.7 Å². The maximum absolute atomic E-state index is 13.3. The van der Waals surface area contributed by atoms with Crippen molar-refractivity contribution in [2.24, 2.45) is 11.8 Å². The number of anilines is 1. The Morgan fingerprint density at radius 1 is 0.967 bits per heavy atom. The van der Waals surface area contributed by atoms with Crippen LogP contribution in [0.2, 0.25) is 0 Å². The third-order valence-electron chi connectivity index (χ3n) is 6.42. The molecule has 0 heterocycles. The van der Waals surface area contributed by atoms with E-state index in [4.69, 9.17) is 4.74 Å². The molecule has 0 unspecified atom stereocenters. The first-order valence-corrected chi connectivity index (χ1v) is 11.4. The Morgan fingerprint density at radius 2 is 1.63 bits per heavy atom. The van der Waals surface area contributed by atoms with Crippen LogP contribution in [-0.2, 0) is 14.3 Å². The maximum Gasteiger partial charge on any atom is 0.340 e. The number of hydrogen-bond donors (Lipinski definition) is 1. The van der Waals surface area contributed by atoms with Crippen LogP contribution in [-0.4, -0.2) is 37.0 Å². The lowest BCUT2D eigenvalue weighted by molar-refractivity contribution is -0.126. The second-order valence-electron chi connectivity index (χ2n) is 8.36. The van der Waals surface area contributed by atoms with Crippen molar-refractivity contribution < 1.29 is 19.1 Å². The van der Waals surface area contributed by atoms with Gasteiger partial charge in [-0.25, -0.2) is 4.79 Å². The van der Waals surface area contributed by atoms with Crippen molar-refractivity contribution in [1.82, 2.24) is 5.32 Å². The Hall–Kier alpha value is -2.37. The first-order chi connectivity index (χ1) is 14.5. The van der Waals surface area contributed by atoms with Crippen LogP contribution in [0.3, 0.4) is 0 Å². The van der Waals surface area contributed by atoms with Crippen LogP contribution in [0, 0.1) is 11.8 Å². The summed E-state index contributed by atoms with van der Waals surface area (Å²) in [6.07, 6.45) is 7.48. The lowest BCUT2D eigenvalue weighted by Gasteiger charge is -2.33. The molecule has 0 spiro atoms. The van der Waals surface area contributed by atoms with E-state index in [0.29, 0.717) is 24.4 Å². The summed E-state index contributed by atoms with van der Waals surface area (Å²) in [6.45, 7) is 4.48. The van der Waals surface area contributed by atoms with Gasteiger partial charge in [-0.2, -0.15) is 0 Å². The number of nitrogens with one attached hydrogen (secondary N) is 1. The van der Waals surface area contributed by atoms with E-state index in [1.807, 2.05) is 13.0 Å². The highest BCUT2D eigenvalue weighted by Gasteiger charge is 2.32. The molecule has 0 atom stereocenters. The predicted molar refractivity (Wildman–Crippen MR) is 116 cm³/mol. The molecule has 6 nitrogen and oxygen atoms in total. The van der Waals surface area contributed by atoms with Gasteiger partial charge in [0.05, 0.1) is 17.9 Å². The monoisotopic (exact) mass is 414 g/mol. The van der Waals surface area contributed by atoms with Gasteiger partial charge < -0.3 is 15.0 Å². The normalized spacial score (nSPS) is 21.8. The van der Waals surface area contributed by atoms with Crippen molar-refractivity contribution in [1.29, 1.82) is 0 Å². The highest BCUT2D eigenvalue weighted by molar-refractivity contribution is 6.03. The van der Waals surface area contributed by atoms with E-state index in [1.54, 1.807) is 30.0 Å². The number of carbonyl (C=O) groups excluding carboxylic acids is 3. The Morgan fingerprint density at radius 3 is 2.27 bits per heavy atom. The molecular formula is C24H34N2O4. The van der Waals surface area contributed by atoms with Crippen LogP contribution >= 0.6 is 0 Å². The van der Waals surface area contributed by atoms with Crippen molar-refractivity contribution in [2.75, 3.05) is 18.1 Å². The smallest absolute Gasteiger partial charge is 0.340 e. The number of rotatable bonds is 7. The highest BCUT2D eigenvalue weighted by Crippen LogP contribution is 2.31. The molecule has 164 valence electrons. The van der Waals surface area contributed by atoms with E-state index in [-0.39, 0.29) is 29.7 Å². The zero-order valence-corrected chi connectivity index (χ0v) is 18.2. The molecule has 0 saturated heterocycles. The summed E-state index contributed by atoms with van der Waals surface area (Å²) in [4.78, 5) is 39.7. The molecule has 30 heavy (non-hydrogen) atoms. The molecule has 2 aliphatic carbocycles. The fourth-order valence-electron chi connectivity index (χ4n) is 4.75. The minimum Gasteiger partial charge on any atom is -0.462 e. The van der Waals surface area contributed by atoms with Crippen LogP contribution in [0.1, 0.15) is 75.6 Å².